The molecule has 8 heteroatoms. The van der Waals surface area contributed by atoms with E-state index in [0.717, 1.165) is 16.8 Å². The summed E-state index contributed by atoms with van der Waals surface area (Å²) in [5.74, 6) is 0.377. The van der Waals surface area contributed by atoms with E-state index < -0.39 is 6.03 Å². The third-order valence-electron chi connectivity index (χ3n) is 3.84. The van der Waals surface area contributed by atoms with E-state index in [1.807, 2.05) is 42.5 Å². The van der Waals surface area contributed by atoms with Crippen molar-refractivity contribution in [2.24, 2.45) is 0 Å². The highest BCUT2D eigenvalue weighted by atomic mass is 16.5. The molecule has 27 heavy (non-hydrogen) atoms. The largest absolute Gasteiger partial charge is 0.364 e. The number of hydrogen-bond acceptors (Lipinski definition) is 5. The Bertz CT molecular complexity index is 1010. The summed E-state index contributed by atoms with van der Waals surface area (Å²) in [6.45, 7) is 0.584. The summed E-state index contributed by atoms with van der Waals surface area (Å²) in [7, 11) is 0. The molecule has 0 aliphatic carbocycles. The number of nitrogens with one attached hydrogen (secondary N) is 2. The molecule has 0 fully saturated rings. The molecule has 0 aliphatic heterocycles. The lowest BCUT2D eigenvalue weighted by atomic mass is 10.1. The summed E-state index contributed by atoms with van der Waals surface area (Å²) in [6, 6.07) is 18.6. The lowest BCUT2D eigenvalue weighted by Gasteiger charge is -2.05. The average molecular weight is 360 g/mol. The minimum Gasteiger partial charge on any atom is -0.364 e. The monoisotopic (exact) mass is 360 g/mol. The number of nitrogens with zero attached hydrogens (tertiary/aromatic N) is 4. The minimum atomic E-state index is -0.393. The van der Waals surface area contributed by atoms with Gasteiger partial charge in [-0.25, -0.2) is 9.48 Å². The number of carbonyl (C=O) groups is 1. The van der Waals surface area contributed by atoms with Crippen LogP contribution in [0.25, 0.3) is 11.3 Å². The molecule has 0 saturated carbocycles. The molecule has 0 bridgehead atoms. The fourth-order valence-corrected chi connectivity index (χ4v) is 2.57. The van der Waals surface area contributed by atoms with Crippen LogP contribution in [0.2, 0.25) is 0 Å². The molecule has 0 spiro atoms. The highest BCUT2D eigenvalue weighted by Gasteiger charge is 2.07. The smallest absolute Gasteiger partial charge is 0.324 e. The van der Waals surface area contributed by atoms with Gasteiger partial charge in [-0.05, 0) is 17.7 Å². The Kier molecular flexibility index (Phi) is 4.60. The summed E-state index contributed by atoms with van der Waals surface area (Å²) in [5.41, 5.74) is 3.39. The second-order valence-corrected chi connectivity index (χ2v) is 5.83. The van der Waals surface area contributed by atoms with E-state index in [9.17, 15) is 4.79 Å². The van der Waals surface area contributed by atoms with Crippen LogP contribution in [0.4, 0.5) is 16.3 Å². The number of amides is 2. The van der Waals surface area contributed by atoms with Crippen LogP contribution in [-0.2, 0) is 6.54 Å². The normalized spacial score (nSPS) is 10.5. The van der Waals surface area contributed by atoms with Crippen LogP contribution in [0.3, 0.4) is 0 Å². The first-order valence-corrected chi connectivity index (χ1v) is 8.29. The first kappa shape index (κ1) is 16.5. The van der Waals surface area contributed by atoms with Gasteiger partial charge in [-0.2, -0.15) is 0 Å². The number of benzene rings is 2. The van der Waals surface area contributed by atoms with Gasteiger partial charge in [-0.1, -0.05) is 52.8 Å². The van der Waals surface area contributed by atoms with Crippen molar-refractivity contribution in [2.45, 2.75) is 6.54 Å². The molecule has 8 nitrogen and oxygen atoms in total. The molecule has 4 rings (SSSR count). The highest BCUT2D eigenvalue weighted by Crippen LogP contribution is 2.19. The molecule has 2 aromatic carbocycles. The van der Waals surface area contributed by atoms with E-state index in [0.29, 0.717) is 18.1 Å². The molecular weight excluding hydrogens is 344 g/mol. The van der Waals surface area contributed by atoms with E-state index in [1.54, 1.807) is 29.1 Å². The predicted molar refractivity (Wildman–Crippen MR) is 100 cm³/mol. The van der Waals surface area contributed by atoms with Crippen LogP contribution in [0.15, 0.2) is 77.6 Å². The maximum Gasteiger partial charge on any atom is 0.324 e. The van der Waals surface area contributed by atoms with Gasteiger partial charge in [0.05, 0.1) is 12.7 Å². The van der Waals surface area contributed by atoms with E-state index in [4.69, 9.17) is 4.52 Å². The molecule has 134 valence electrons. The van der Waals surface area contributed by atoms with E-state index >= 15 is 0 Å². The third kappa shape index (κ3) is 4.18. The zero-order valence-electron chi connectivity index (χ0n) is 14.2. The maximum absolute atomic E-state index is 12.1. The second kappa shape index (κ2) is 7.52. The van der Waals surface area contributed by atoms with Gasteiger partial charge >= 0.3 is 6.03 Å². The number of rotatable bonds is 5. The number of aromatic nitrogens is 4. The first-order valence-electron chi connectivity index (χ1n) is 8.29. The molecule has 0 saturated heterocycles. The van der Waals surface area contributed by atoms with Crippen molar-refractivity contribution >= 4 is 17.5 Å². The van der Waals surface area contributed by atoms with Gasteiger partial charge in [0.1, 0.15) is 12.0 Å². The topological polar surface area (TPSA) is 97.9 Å². The Balaban J connectivity index is 1.34. The van der Waals surface area contributed by atoms with Gasteiger partial charge in [-0.15, -0.1) is 5.10 Å². The van der Waals surface area contributed by atoms with Crippen molar-refractivity contribution in [3.63, 3.8) is 0 Å². The zero-order chi connectivity index (χ0) is 18.5. The quantitative estimate of drug-likeness (QED) is 0.566. The van der Waals surface area contributed by atoms with Gasteiger partial charge in [0, 0.05) is 17.3 Å². The summed E-state index contributed by atoms with van der Waals surface area (Å²) in [4.78, 5) is 12.1. The van der Waals surface area contributed by atoms with Crippen LogP contribution in [0.5, 0.6) is 0 Å². The summed E-state index contributed by atoms with van der Waals surface area (Å²) < 4.78 is 6.49. The summed E-state index contributed by atoms with van der Waals surface area (Å²) in [6.07, 6.45) is 3.19. The Morgan fingerprint density at radius 1 is 1.00 bits per heavy atom. The summed E-state index contributed by atoms with van der Waals surface area (Å²) >= 11 is 0. The van der Waals surface area contributed by atoms with Gasteiger partial charge < -0.3 is 9.84 Å². The van der Waals surface area contributed by atoms with Crippen molar-refractivity contribution in [3.8, 4) is 11.3 Å². The predicted octanol–water partition coefficient (Wildman–Crippen LogP) is 3.63. The molecule has 0 aliphatic rings. The number of anilines is 2. The Hall–Kier alpha value is -3.94. The lowest BCUT2D eigenvalue weighted by Crippen LogP contribution is -2.19. The Morgan fingerprint density at radius 3 is 2.56 bits per heavy atom. The van der Waals surface area contributed by atoms with Crippen LogP contribution >= 0.6 is 0 Å². The highest BCUT2D eigenvalue weighted by molar-refractivity contribution is 5.99. The molecule has 2 aromatic heterocycles. The number of urea groups is 1. The molecule has 2 N–H and O–H groups in total. The Labute approximate surface area is 154 Å². The third-order valence-corrected chi connectivity index (χ3v) is 3.84. The van der Waals surface area contributed by atoms with E-state index in [-0.39, 0.29) is 0 Å². The lowest BCUT2D eigenvalue weighted by molar-refractivity contribution is 0.262. The van der Waals surface area contributed by atoms with Gasteiger partial charge in [0.15, 0.2) is 5.82 Å². The van der Waals surface area contributed by atoms with Crippen LogP contribution in [0.1, 0.15) is 5.56 Å². The average Bonchev–Trinajstić information content (AvgIpc) is 3.36. The fraction of sp³-hybridized carbons (Fsp3) is 0.0526. The molecule has 2 heterocycles. The van der Waals surface area contributed by atoms with Crippen molar-refractivity contribution < 1.29 is 9.32 Å². The minimum absolute atomic E-state index is 0.377. The first-order chi connectivity index (χ1) is 13.3. The van der Waals surface area contributed by atoms with Gasteiger partial charge in [0.25, 0.3) is 0 Å². The van der Waals surface area contributed by atoms with Crippen LogP contribution < -0.4 is 10.6 Å². The second-order valence-electron chi connectivity index (χ2n) is 5.83. The van der Waals surface area contributed by atoms with Crippen molar-refractivity contribution in [2.75, 3.05) is 10.6 Å². The molecular formula is C19H16N6O2. The standard InChI is InChI=1S/C19H16N6O2/c26-19(20-16-8-6-15(7-9-16)17-10-11-27-23-17)21-18-13-25(24-22-18)12-14-4-2-1-3-5-14/h1-11,13H,12H2,(H2,20,21,26). The van der Waals surface area contributed by atoms with E-state index in [1.165, 1.54) is 6.26 Å². The molecule has 2 amide bonds. The van der Waals surface area contributed by atoms with Crippen molar-refractivity contribution in [1.82, 2.24) is 20.2 Å². The summed E-state index contributed by atoms with van der Waals surface area (Å²) in [5, 5.41) is 17.3. The SMILES string of the molecule is O=C(Nc1ccc(-c2ccon2)cc1)Nc1cn(Cc2ccccc2)nn1. The molecule has 0 radical (unpaired) electrons. The number of carbonyl (C=O) groups excluding carboxylic acids is 1. The van der Waals surface area contributed by atoms with Gasteiger partial charge in [-0.3, -0.25) is 5.32 Å². The number of hydrogen-bond donors (Lipinski definition) is 2. The Morgan fingerprint density at radius 2 is 1.81 bits per heavy atom. The fourth-order valence-electron chi connectivity index (χ4n) is 2.57. The zero-order valence-corrected chi connectivity index (χ0v) is 14.2. The van der Waals surface area contributed by atoms with Crippen LogP contribution in [-0.4, -0.2) is 26.2 Å². The molecule has 0 atom stereocenters. The van der Waals surface area contributed by atoms with Crippen molar-refractivity contribution in [3.05, 3.63) is 78.7 Å². The van der Waals surface area contributed by atoms with Crippen LogP contribution in [0, 0.1) is 0 Å². The molecule has 0 unspecified atom stereocenters. The van der Waals surface area contributed by atoms with Crippen molar-refractivity contribution in [1.29, 1.82) is 0 Å². The van der Waals surface area contributed by atoms with Gasteiger partial charge in [0.2, 0.25) is 0 Å². The molecule has 4 aromatic rings. The van der Waals surface area contributed by atoms with E-state index in [2.05, 4.69) is 26.1 Å². The maximum atomic E-state index is 12.1.